The lowest BCUT2D eigenvalue weighted by atomic mass is 9.96. The predicted octanol–water partition coefficient (Wildman–Crippen LogP) is 2.93. The first-order chi connectivity index (χ1) is 10.2. The summed E-state index contributed by atoms with van der Waals surface area (Å²) in [5.74, 6) is 0.409. The van der Waals surface area contributed by atoms with E-state index < -0.39 is 0 Å². The normalized spacial score (nSPS) is 17.3. The van der Waals surface area contributed by atoms with Gasteiger partial charge in [-0.15, -0.1) is 0 Å². The molecule has 1 aliphatic rings. The van der Waals surface area contributed by atoms with Crippen molar-refractivity contribution in [2.24, 2.45) is 5.92 Å². The third-order valence-electron chi connectivity index (χ3n) is 4.01. The Balaban J connectivity index is 1.70. The van der Waals surface area contributed by atoms with Gasteiger partial charge in [-0.3, -0.25) is 4.90 Å². The summed E-state index contributed by atoms with van der Waals surface area (Å²) in [7, 11) is 1.72. The number of rotatable bonds is 7. The second-order valence-corrected chi connectivity index (χ2v) is 6.07. The van der Waals surface area contributed by atoms with Gasteiger partial charge in [0.2, 0.25) is 0 Å². The Morgan fingerprint density at radius 2 is 2.14 bits per heavy atom. The minimum Gasteiger partial charge on any atom is -0.383 e. The standard InChI is InChI=1S/C16H24ClFN2O/c1-21-9-6-19-11-13-4-7-20(8-5-13)12-14-2-3-15(17)16(18)10-14/h2-3,10,13,19H,4-9,11-12H2,1H3. The maximum absolute atomic E-state index is 13.4. The van der Waals surface area contributed by atoms with Crippen molar-refractivity contribution in [3.8, 4) is 0 Å². The number of benzene rings is 1. The molecule has 5 heteroatoms. The van der Waals surface area contributed by atoms with Crippen molar-refractivity contribution in [1.29, 1.82) is 0 Å². The predicted molar refractivity (Wildman–Crippen MR) is 84.2 cm³/mol. The average molecular weight is 315 g/mol. The number of piperidine rings is 1. The van der Waals surface area contributed by atoms with Gasteiger partial charge in [0.1, 0.15) is 5.82 Å². The molecule has 0 unspecified atom stereocenters. The van der Waals surface area contributed by atoms with Crippen LogP contribution in [0.15, 0.2) is 18.2 Å². The Morgan fingerprint density at radius 1 is 1.38 bits per heavy atom. The third-order valence-corrected chi connectivity index (χ3v) is 4.32. The van der Waals surface area contributed by atoms with Crippen LogP contribution in [0, 0.1) is 11.7 Å². The van der Waals surface area contributed by atoms with E-state index in [-0.39, 0.29) is 10.8 Å². The minimum absolute atomic E-state index is 0.194. The minimum atomic E-state index is -0.327. The van der Waals surface area contributed by atoms with Crippen molar-refractivity contribution in [3.05, 3.63) is 34.6 Å². The molecule has 1 saturated heterocycles. The molecule has 0 spiro atoms. The number of likely N-dealkylation sites (tertiary alicyclic amines) is 1. The molecule has 118 valence electrons. The van der Waals surface area contributed by atoms with Crippen molar-refractivity contribution < 1.29 is 9.13 Å². The summed E-state index contributed by atoms with van der Waals surface area (Å²) < 4.78 is 18.5. The number of methoxy groups -OCH3 is 1. The number of nitrogens with one attached hydrogen (secondary N) is 1. The Labute approximate surface area is 131 Å². The first-order valence-corrected chi connectivity index (χ1v) is 7.92. The van der Waals surface area contributed by atoms with Crippen molar-refractivity contribution in [3.63, 3.8) is 0 Å². The number of ether oxygens (including phenoxy) is 1. The molecule has 0 amide bonds. The Bertz CT molecular complexity index is 436. The van der Waals surface area contributed by atoms with Crippen LogP contribution in [-0.4, -0.2) is 44.8 Å². The molecule has 1 aromatic carbocycles. The van der Waals surface area contributed by atoms with Gasteiger partial charge in [0.25, 0.3) is 0 Å². The zero-order chi connectivity index (χ0) is 15.1. The maximum atomic E-state index is 13.4. The zero-order valence-corrected chi connectivity index (χ0v) is 13.3. The van der Waals surface area contributed by atoms with Gasteiger partial charge >= 0.3 is 0 Å². The largest absolute Gasteiger partial charge is 0.383 e. The lowest BCUT2D eigenvalue weighted by molar-refractivity contribution is 0.168. The molecule has 3 nitrogen and oxygen atoms in total. The van der Waals surface area contributed by atoms with E-state index in [4.69, 9.17) is 16.3 Å². The molecule has 21 heavy (non-hydrogen) atoms. The third kappa shape index (κ3) is 5.55. The van der Waals surface area contributed by atoms with Crippen molar-refractivity contribution >= 4 is 11.6 Å². The summed E-state index contributed by atoms with van der Waals surface area (Å²) in [5, 5.41) is 3.62. The van der Waals surface area contributed by atoms with Crippen molar-refractivity contribution in [2.75, 3.05) is 39.9 Å². The van der Waals surface area contributed by atoms with E-state index in [1.807, 2.05) is 6.07 Å². The van der Waals surface area contributed by atoms with Crippen LogP contribution >= 0.6 is 11.6 Å². The molecule has 0 radical (unpaired) electrons. The lowest BCUT2D eigenvalue weighted by Crippen LogP contribution is -2.37. The first-order valence-electron chi connectivity index (χ1n) is 7.55. The number of hydrogen-bond acceptors (Lipinski definition) is 3. The molecule has 0 bridgehead atoms. The summed E-state index contributed by atoms with van der Waals surface area (Å²) in [5.41, 5.74) is 0.994. The molecular weight excluding hydrogens is 291 g/mol. The van der Waals surface area contributed by atoms with Crippen molar-refractivity contribution in [1.82, 2.24) is 10.2 Å². The summed E-state index contributed by atoms with van der Waals surface area (Å²) in [4.78, 5) is 2.38. The number of halogens is 2. The van der Waals surface area contributed by atoms with E-state index >= 15 is 0 Å². The highest BCUT2D eigenvalue weighted by molar-refractivity contribution is 6.30. The van der Waals surface area contributed by atoms with Gasteiger partial charge in [-0.05, 0) is 56.1 Å². The van der Waals surface area contributed by atoms with Gasteiger partial charge in [-0.25, -0.2) is 4.39 Å². The molecule has 1 aliphatic heterocycles. The van der Waals surface area contributed by atoms with Crippen molar-refractivity contribution in [2.45, 2.75) is 19.4 Å². The van der Waals surface area contributed by atoms with Gasteiger partial charge in [0, 0.05) is 20.2 Å². The highest BCUT2D eigenvalue weighted by atomic mass is 35.5. The fraction of sp³-hybridized carbons (Fsp3) is 0.625. The molecule has 0 aromatic heterocycles. The highest BCUT2D eigenvalue weighted by Crippen LogP contribution is 2.20. The van der Waals surface area contributed by atoms with Crippen LogP contribution in [0.2, 0.25) is 5.02 Å². The fourth-order valence-electron chi connectivity index (χ4n) is 2.73. The van der Waals surface area contributed by atoms with Crippen LogP contribution in [0.5, 0.6) is 0 Å². The smallest absolute Gasteiger partial charge is 0.142 e. The molecule has 0 saturated carbocycles. The Hall–Kier alpha value is -0.680. The van der Waals surface area contributed by atoms with Crippen LogP contribution in [-0.2, 0) is 11.3 Å². The molecule has 1 fully saturated rings. The second kappa shape index (κ2) is 8.69. The van der Waals surface area contributed by atoms with E-state index in [0.717, 1.165) is 50.8 Å². The van der Waals surface area contributed by atoms with Crippen LogP contribution < -0.4 is 5.32 Å². The molecule has 2 rings (SSSR count). The Morgan fingerprint density at radius 3 is 2.81 bits per heavy atom. The van der Waals surface area contributed by atoms with Gasteiger partial charge in [-0.1, -0.05) is 17.7 Å². The summed E-state index contributed by atoms with van der Waals surface area (Å²) >= 11 is 5.71. The van der Waals surface area contributed by atoms with E-state index in [0.29, 0.717) is 0 Å². The summed E-state index contributed by atoms with van der Waals surface area (Å²) in [6, 6.07) is 5.09. The summed E-state index contributed by atoms with van der Waals surface area (Å²) in [6.45, 7) is 5.69. The zero-order valence-electron chi connectivity index (χ0n) is 12.6. The second-order valence-electron chi connectivity index (χ2n) is 5.66. The molecule has 1 N–H and O–H groups in total. The fourth-order valence-corrected chi connectivity index (χ4v) is 2.84. The van der Waals surface area contributed by atoms with Gasteiger partial charge in [0.05, 0.1) is 11.6 Å². The van der Waals surface area contributed by atoms with Gasteiger partial charge in [-0.2, -0.15) is 0 Å². The SMILES string of the molecule is COCCNCC1CCN(Cc2ccc(Cl)c(F)c2)CC1. The maximum Gasteiger partial charge on any atom is 0.142 e. The summed E-state index contributed by atoms with van der Waals surface area (Å²) in [6.07, 6.45) is 2.38. The molecule has 1 aromatic rings. The van der Waals surface area contributed by atoms with E-state index in [9.17, 15) is 4.39 Å². The molecule has 0 aliphatic carbocycles. The number of hydrogen-bond donors (Lipinski definition) is 1. The molecule has 1 heterocycles. The van der Waals surface area contributed by atoms with E-state index in [1.54, 1.807) is 19.2 Å². The van der Waals surface area contributed by atoms with Crippen LogP contribution in [0.4, 0.5) is 4.39 Å². The average Bonchev–Trinajstić information content (AvgIpc) is 2.49. The Kier molecular flexibility index (Phi) is 6.90. The van der Waals surface area contributed by atoms with Gasteiger partial charge < -0.3 is 10.1 Å². The van der Waals surface area contributed by atoms with Gasteiger partial charge in [0.15, 0.2) is 0 Å². The highest BCUT2D eigenvalue weighted by Gasteiger charge is 2.19. The van der Waals surface area contributed by atoms with Crippen LogP contribution in [0.3, 0.4) is 0 Å². The number of nitrogens with zero attached hydrogens (tertiary/aromatic N) is 1. The lowest BCUT2D eigenvalue weighted by Gasteiger charge is -2.32. The first kappa shape index (κ1) is 16.7. The van der Waals surface area contributed by atoms with E-state index in [1.165, 1.54) is 12.8 Å². The molecule has 0 atom stereocenters. The van der Waals surface area contributed by atoms with E-state index in [2.05, 4.69) is 10.2 Å². The topological polar surface area (TPSA) is 24.5 Å². The van der Waals surface area contributed by atoms with Crippen LogP contribution in [0.1, 0.15) is 18.4 Å². The quantitative estimate of drug-likeness (QED) is 0.783. The monoisotopic (exact) mass is 314 g/mol. The van der Waals surface area contributed by atoms with Crippen LogP contribution in [0.25, 0.3) is 0 Å². The molecular formula is C16H24ClFN2O.